The van der Waals surface area contributed by atoms with E-state index in [0.29, 0.717) is 0 Å². The van der Waals surface area contributed by atoms with Crippen LogP contribution in [0.4, 0.5) is 4.39 Å². The van der Waals surface area contributed by atoms with Crippen molar-refractivity contribution in [2.75, 3.05) is 0 Å². The summed E-state index contributed by atoms with van der Waals surface area (Å²) in [7, 11) is 0. The van der Waals surface area contributed by atoms with E-state index in [1.807, 2.05) is 11.4 Å². The molecule has 0 amide bonds. The molecule has 0 atom stereocenters. The van der Waals surface area contributed by atoms with Crippen molar-refractivity contribution in [2.45, 2.75) is 0 Å². The zero-order valence-electron chi connectivity index (χ0n) is 8.48. The van der Waals surface area contributed by atoms with Crippen LogP contribution >= 0.6 is 11.3 Å². The van der Waals surface area contributed by atoms with Gasteiger partial charge in [-0.2, -0.15) is 11.3 Å². The molecule has 0 aliphatic heterocycles. The van der Waals surface area contributed by atoms with Crippen molar-refractivity contribution in [2.24, 2.45) is 0 Å². The Hall–Kier alpha value is -1.16. The summed E-state index contributed by atoms with van der Waals surface area (Å²) in [5.41, 5.74) is 2.50. The fourth-order valence-corrected chi connectivity index (χ4v) is 2.38. The third kappa shape index (κ3) is 2.27. The standard InChI is InChI=1S/C12H6FN2S.Ir/c13-9-3-1-8(2-4-9)11-12-10(5-6-16-12)14-7-15-11;/h1,3-7H;/q-1;. The number of fused-ring (bicyclic) bond motifs is 1. The van der Waals surface area contributed by atoms with Crippen LogP contribution in [0.3, 0.4) is 0 Å². The van der Waals surface area contributed by atoms with Crippen LogP contribution in [0.15, 0.2) is 36.0 Å². The first kappa shape index (κ1) is 12.3. The fraction of sp³-hybridized carbons (Fsp3) is 0. The first-order chi connectivity index (χ1) is 7.84. The van der Waals surface area contributed by atoms with E-state index >= 15 is 0 Å². The summed E-state index contributed by atoms with van der Waals surface area (Å²) in [5, 5.41) is 1.96. The minimum Gasteiger partial charge on any atom is -0.284 e. The molecule has 2 aromatic heterocycles. The van der Waals surface area contributed by atoms with Gasteiger partial charge in [0.15, 0.2) is 0 Å². The Balaban J connectivity index is 0.00000108. The van der Waals surface area contributed by atoms with Crippen LogP contribution in [0, 0.1) is 11.9 Å². The van der Waals surface area contributed by atoms with Gasteiger partial charge in [0.1, 0.15) is 6.33 Å². The minimum absolute atomic E-state index is 0. The molecule has 0 saturated heterocycles. The maximum atomic E-state index is 12.8. The molecule has 0 aliphatic rings. The Morgan fingerprint density at radius 2 is 2.06 bits per heavy atom. The number of aromatic nitrogens is 2. The summed E-state index contributed by atoms with van der Waals surface area (Å²) < 4.78 is 13.8. The molecule has 5 heteroatoms. The van der Waals surface area contributed by atoms with Crippen molar-refractivity contribution in [1.82, 2.24) is 9.97 Å². The Bertz CT molecular complexity index is 636. The van der Waals surface area contributed by atoms with Gasteiger partial charge in [0.2, 0.25) is 0 Å². The van der Waals surface area contributed by atoms with E-state index in [0.717, 1.165) is 21.5 Å². The SMILES string of the molecule is Fc1c[c-]c(-c2ncnc3ccsc23)cc1.[Ir]. The molecule has 17 heavy (non-hydrogen) atoms. The first-order valence-electron chi connectivity index (χ1n) is 4.70. The molecule has 0 aliphatic carbocycles. The summed E-state index contributed by atoms with van der Waals surface area (Å²) in [6.45, 7) is 0. The molecule has 0 spiro atoms. The quantitative estimate of drug-likeness (QED) is 0.564. The summed E-state index contributed by atoms with van der Waals surface area (Å²) in [6, 6.07) is 9.22. The predicted molar refractivity (Wildman–Crippen MR) is 61.6 cm³/mol. The van der Waals surface area contributed by atoms with Crippen LogP contribution in [0.1, 0.15) is 0 Å². The average molecular weight is 421 g/mol. The predicted octanol–water partition coefficient (Wildman–Crippen LogP) is 3.30. The number of benzene rings is 1. The van der Waals surface area contributed by atoms with Crippen molar-refractivity contribution in [3.8, 4) is 11.3 Å². The molecule has 87 valence electrons. The molecular formula is C12H6FIrN2S-. The summed E-state index contributed by atoms with van der Waals surface area (Å²) >= 11 is 1.57. The van der Waals surface area contributed by atoms with E-state index < -0.39 is 0 Å². The minimum atomic E-state index is -0.291. The van der Waals surface area contributed by atoms with Gasteiger partial charge in [-0.15, -0.1) is 29.8 Å². The van der Waals surface area contributed by atoms with Gasteiger partial charge in [0.25, 0.3) is 0 Å². The first-order valence-corrected chi connectivity index (χ1v) is 5.58. The normalized spacial score (nSPS) is 10.2. The van der Waals surface area contributed by atoms with Crippen molar-refractivity contribution in [3.05, 3.63) is 47.9 Å². The van der Waals surface area contributed by atoms with Gasteiger partial charge in [-0.25, -0.2) is 4.98 Å². The smallest absolute Gasteiger partial charge is 0.106 e. The molecular weight excluding hydrogens is 415 g/mol. The van der Waals surface area contributed by atoms with Gasteiger partial charge >= 0.3 is 0 Å². The monoisotopic (exact) mass is 422 g/mol. The molecule has 0 N–H and O–H groups in total. The third-order valence-corrected chi connectivity index (χ3v) is 3.18. The number of hydrogen-bond donors (Lipinski definition) is 0. The van der Waals surface area contributed by atoms with Crippen molar-refractivity contribution in [3.63, 3.8) is 0 Å². The van der Waals surface area contributed by atoms with E-state index in [4.69, 9.17) is 0 Å². The Kier molecular flexibility index (Phi) is 3.62. The molecule has 0 unspecified atom stereocenters. The van der Waals surface area contributed by atoms with Gasteiger partial charge in [-0.05, 0) is 11.4 Å². The molecule has 0 saturated carbocycles. The summed E-state index contributed by atoms with van der Waals surface area (Å²) in [6.07, 6.45) is 1.52. The largest absolute Gasteiger partial charge is 0.284 e. The maximum absolute atomic E-state index is 12.8. The Morgan fingerprint density at radius 1 is 1.18 bits per heavy atom. The van der Waals surface area contributed by atoms with E-state index in [9.17, 15) is 4.39 Å². The van der Waals surface area contributed by atoms with E-state index in [-0.39, 0.29) is 25.9 Å². The van der Waals surface area contributed by atoms with Gasteiger partial charge in [-0.3, -0.25) is 9.37 Å². The van der Waals surface area contributed by atoms with Gasteiger partial charge in [0.05, 0.1) is 5.52 Å². The molecule has 1 aromatic carbocycles. The number of thiophene rings is 1. The van der Waals surface area contributed by atoms with Crippen LogP contribution in [-0.4, -0.2) is 9.97 Å². The van der Waals surface area contributed by atoms with Gasteiger partial charge in [-0.1, -0.05) is 0 Å². The fourth-order valence-electron chi connectivity index (χ4n) is 1.53. The molecule has 1 radical (unpaired) electrons. The third-order valence-electron chi connectivity index (χ3n) is 2.27. The van der Waals surface area contributed by atoms with Crippen LogP contribution in [0.25, 0.3) is 21.5 Å². The molecule has 2 heterocycles. The molecule has 3 aromatic rings. The molecule has 0 bridgehead atoms. The molecule has 0 fully saturated rings. The van der Waals surface area contributed by atoms with E-state index in [1.54, 1.807) is 17.4 Å². The number of hydrogen-bond acceptors (Lipinski definition) is 3. The van der Waals surface area contributed by atoms with E-state index in [1.165, 1.54) is 18.5 Å². The molecule has 2 nitrogen and oxygen atoms in total. The van der Waals surface area contributed by atoms with Crippen LogP contribution in [0.5, 0.6) is 0 Å². The van der Waals surface area contributed by atoms with Crippen LogP contribution in [0.2, 0.25) is 0 Å². The van der Waals surface area contributed by atoms with Crippen LogP contribution < -0.4 is 0 Å². The van der Waals surface area contributed by atoms with E-state index in [2.05, 4.69) is 16.0 Å². The Morgan fingerprint density at radius 3 is 2.82 bits per heavy atom. The summed E-state index contributed by atoms with van der Waals surface area (Å²) in [5.74, 6) is -0.291. The van der Waals surface area contributed by atoms with Crippen molar-refractivity contribution < 1.29 is 24.5 Å². The van der Waals surface area contributed by atoms with Crippen molar-refractivity contribution >= 4 is 21.6 Å². The van der Waals surface area contributed by atoms with Gasteiger partial charge in [0, 0.05) is 36.3 Å². The zero-order valence-corrected chi connectivity index (χ0v) is 11.7. The second kappa shape index (κ2) is 5.00. The maximum Gasteiger partial charge on any atom is 0.106 e. The Labute approximate surface area is 115 Å². The topological polar surface area (TPSA) is 25.8 Å². The van der Waals surface area contributed by atoms with Crippen LogP contribution in [-0.2, 0) is 20.1 Å². The van der Waals surface area contributed by atoms with Crippen molar-refractivity contribution in [1.29, 1.82) is 0 Å². The zero-order chi connectivity index (χ0) is 11.0. The number of rotatable bonds is 1. The second-order valence-corrected chi connectivity index (χ2v) is 4.19. The van der Waals surface area contributed by atoms with Gasteiger partial charge < -0.3 is 0 Å². The second-order valence-electron chi connectivity index (χ2n) is 3.28. The average Bonchev–Trinajstić information content (AvgIpc) is 2.78. The summed E-state index contributed by atoms with van der Waals surface area (Å²) in [4.78, 5) is 8.38. The number of halogens is 1. The molecule has 3 rings (SSSR count). The number of nitrogens with zero attached hydrogens (tertiary/aromatic N) is 2.